The largest absolute Gasteiger partial charge is 0.497 e. The number of carbonyl (C=O) groups excluding carboxylic acids is 1. The molecular weight excluding hydrogens is 317 g/mol. The van der Waals surface area contributed by atoms with Crippen LogP contribution in [-0.4, -0.2) is 25.4 Å². The summed E-state index contributed by atoms with van der Waals surface area (Å²) in [5.41, 5.74) is 0.562. The molecule has 23 heavy (non-hydrogen) atoms. The molecule has 6 heteroatoms. The average Bonchev–Trinajstić information content (AvgIpc) is 2.56. The zero-order valence-corrected chi connectivity index (χ0v) is 13.9. The smallest absolute Gasteiger partial charge is 0.237 e. The molecule has 0 saturated carbocycles. The summed E-state index contributed by atoms with van der Waals surface area (Å²) in [6, 6.07) is 11.5. The number of carbonyl (C=O) groups is 1. The molecule has 0 aliphatic rings. The average molecular weight is 335 g/mol. The van der Waals surface area contributed by atoms with Gasteiger partial charge in [0.05, 0.1) is 19.5 Å². The van der Waals surface area contributed by atoms with Gasteiger partial charge in [-0.15, -0.1) is 11.8 Å². The Hall–Kier alpha value is -2.21. The van der Waals surface area contributed by atoms with Gasteiger partial charge in [-0.3, -0.25) is 4.79 Å². The van der Waals surface area contributed by atoms with E-state index >= 15 is 0 Å². The Morgan fingerprint density at radius 1 is 1.13 bits per heavy atom. The van der Waals surface area contributed by atoms with Crippen molar-refractivity contribution >= 4 is 23.4 Å². The summed E-state index contributed by atoms with van der Waals surface area (Å²) in [5.74, 6) is 0.594. The summed E-state index contributed by atoms with van der Waals surface area (Å²) in [7, 11) is 3.08. The second-order valence-electron chi connectivity index (χ2n) is 4.78. The number of anilines is 1. The van der Waals surface area contributed by atoms with Crippen LogP contribution in [0.4, 0.5) is 10.1 Å². The molecule has 1 unspecified atom stereocenters. The van der Waals surface area contributed by atoms with Crippen molar-refractivity contribution in [1.29, 1.82) is 0 Å². The highest BCUT2D eigenvalue weighted by molar-refractivity contribution is 8.00. The zero-order chi connectivity index (χ0) is 16.8. The number of benzene rings is 2. The van der Waals surface area contributed by atoms with Crippen molar-refractivity contribution in [2.75, 3.05) is 19.5 Å². The first-order valence-corrected chi connectivity index (χ1v) is 7.86. The predicted octanol–water partition coefficient (Wildman–Crippen LogP) is 3.96. The third-order valence-corrected chi connectivity index (χ3v) is 4.28. The van der Waals surface area contributed by atoms with E-state index in [9.17, 15) is 9.18 Å². The molecule has 122 valence electrons. The molecule has 4 nitrogen and oxygen atoms in total. The van der Waals surface area contributed by atoms with Gasteiger partial charge in [0, 0.05) is 28.8 Å². The van der Waals surface area contributed by atoms with Crippen LogP contribution in [-0.2, 0) is 4.79 Å². The third kappa shape index (κ3) is 4.63. The SMILES string of the molecule is COc1cc(NC(=O)C(C)Sc2ccccc2F)cc(OC)c1. The van der Waals surface area contributed by atoms with Crippen LogP contribution in [0.25, 0.3) is 0 Å². The molecule has 1 amide bonds. The Bertz CT molecular complexity index is 671. The normalized spacial score (nSPS) is 11.7. The monoisotopic (exact) mass is 335 g/mol. The molecule has 2 aromatic carbocycles. The molecule has 0 aliphatic carbocycles. The van der Waals surface area contributed by atoms with E-state index in [0.29, 0.717) is 22.1 Å². The number of methoxy groups -OCH3 is 2. The van der Waals surface area contributed by atoms with Gasteiger partial charge in [-0.1, -0.05) is 12.1 Å². The molecule has 0 aromatic heterocycles. The Kier molecular flexibility index (Phi) is 5.87. The fourth-order valence-electron chi connectivity index (χ4n) is 1.91. The molecule has 1 N–H and O–H groups in total. The van der Waals surface area contributed by atoms with Crippen molar-refractivity contribution in [1.82, 2.24) is 0 Å². The third-order valence-electron chi connectivity index (χ3n) is 3.13. The van der Waals surface area contributed by atoms with E-state index in [1.54, 1.807) is 43.3 Å². The van der Waals surface area contributed by atoms with Crippen molar-refractivity contribution in [2.45, 2.75) is 17.1 Å². The number of halogens is 1. The van der Waals surface area contributed by atoms with Crippen molar-refractivity contribution in [3.05, 3.63) is 48.3 Å². The van der Waals surface area contributed by atoms with Crippen LogP contribution < -0.4 is 14.8 Å². The number of nitrogens with one attached hydrogen (secondary N) is 1. The van der Waals surface area contributed by atoms with Gasteiger partial charge in [-0.25, -0.2) is 4.39 Å². The van der Waals surface area contributed by atoms with E-state index in [-0.39, 0.29) is 11.7 Å². The molecule has 0 heterocycles. The molecule has 2 aromatic rings. The summed E-state index contributed by atoms with van der Waals surface area (Å²) in [6.07, 6.45) is 0. The van der Waals surface area contributed by atoms with Gasteiger partial charge in [0.25, 0.3) is 0 Å². The van der Waals surface area contributed by atoms with E-state index in [1.165, 1.54) is 32.0 Å². The number of rotatable bonds is 6. The van der Waals surface area contributed by atoms with Crippen LogP contribution in [0, 0.1) is 5.82 Å². The maximum absolute atomic E-state index is 13.7. The molecule has 0 aliphatic heterocycles. The fraction of sp³-hybridized carbons (Fsp3) is 0.235. The number of ether oxygens (including phenoxy) is 2. The second-order valence-corrected chi connectivity index (χ2v) is 6.16. The summed E-state index contributed by atoms with van der Waals surface area (Å²) in [5, 5.41) is 2.33. The summed E-state index contributed by atoms with van der Waals surface area (Å²) < 4.78 is 24.0. The van der Waals surface area contributed by atoms with Crippen LogP contribution in [0.2, 0.25) is 0 Å². The molecule has 0 saturated heterocycles. The minimum Gasteiger partial charge on any atom is -0.497 e. The lowest BCUT2D eigenvalue weighted by Crippen LogP contribution is -2.22. The van der Waals surface area contributed by atoms with Crippen molar-refractivity contribution in [2.24, 2.45) is 0 Å². The topological polar surface area (TPSA) is 47.6 Å². The van der Waals surface area contributed by atoms with E-state index in [4.69, 9.17) is 9.47 Å². The van der Waals surface area contributed by atoms with E-state index in [2.05, 4.69) is 5.32 Å². The molecular formula is C17H18FNO3S. The molecule has 0 bridgehead atoms. The van der Waals surface area contributed by atoms with E-state index < -0.39 is 5.25 Å². The van der Waals surface area contributed by atoms with E-state index in [0.717, 1.165) is 0 Å². The molecule has 0 spiro atoms. The summed E-state index contributed by atoms with van der Waals surface area (Å²) in [6.45, 7) is 1.73. The maximum Gasteiger partial charge on any atom is 0.237 e. The van der Waals surface area contributed by atoms with Crippen LogP contribution in [0.1, 0.15) is 6.92 Å². The highest BCUT2D eigenvalue weighted by Gasteiger charge is 2.17. The molecule has 2 rings (SSSR count). The Morgan fingerprint density at radius 2 is 1.74 bits per heavy atom. The fourth-order valence-corrected chi connectivity index (χ4v) is 2.79. The Balaban J connectivity index is 2.08. The standard InChI is InChI=1S/C17H18FNO3S/c1-11(23-16-7-5-4-6-15(16)18)17(20)19-12-8-13(21-2)10-14(9-12)22-3/h4-11H,1-3H3,(H,19,20). The van der Waals surface area contributed by atoms with Gasteiger partial charge < -0.3 is 14.8 Å². The van der Waals surface area contributed by atoms with Crippen LogP contribution in [0.5, 0.6) is 11.5 Å². The molecule has 0 fully saturated rings. The number of hydrogen-bond acceptors (Lipinski definition) is 4. The highest BCUT2D eigenvalue weighted by Crippen LogP contribution is 2.29. The summed E-state index contributed by atoms with van der Waals surface area (Å²) in [4.78, 5) is 12.7. The maximum atomic E-state index is 13.7. The van der Waals surface area contributed by atoms with Crippen LogP contribution in [0.3, 0.4) is 0 Å². The second kappa shape index (κ2) is 7.87. The van der Waals surface area contributed by atoms with Crippen LogP contribution >= 0.6 is 11.8 Å². The first-order valence-electron chi connectivity index (χ1n) is 6.98. The number of amides is 1. The van der Waals surface area contributed by atoms with Crippen molar-refractivity contribution in [3.63, 3.8) is 0 Å². The van der Waals surface area contributed by atoms with Crippen LogP contribution in [0.15, 0.2) is 47.4 Å². The van der Waals surface area contributed by atoms with Gasteiger partial charge in [-0.05, 0) is 19.1 Å². The number of thioether (sulfide) groups is 1. The van der Waals surface area contributed by atoms with Gasteiger partial charge in [0.15, 0.2) is 0 Å². The first kappa shape index (κ1) is 17.1. The quantitative estimate of drug-likeness (QED) is 0.812. The van der Waals surface area contributed by atoms with E-state index in [1.807, 2.05) is 0 Å². The van der Waals surface area contributed by atoms with Gasteiger partial charge in [-0.2, -0.15) is 0 Å². The highest BCUT2D eigenvalue weighted by atomic mass is 32.2. The minimum atomic E-state index is -0.455. The Morgan fingerprint density at radius 3 is 2.30 bits per heavy atom. The van der Waals surface area contributed by atoms with Gasteiger partial charge >= 0.3 is 0 Å². The van der Waals surface area contributed by atoms with Gasteiger partial charge in [0.1, 0.15) is 17.3 Å². The van der Waals surface area contributed by atoms with Crippen molar-refractivity contribution in [3.8, 4) is 11.5 Å². The summed E-state index contributed by atoms with van der Waals surface area (Å²) >= 11 is 1.17. The Labute approximate surface area is 139 Å². The van der Waals surface area contributed by atoms with Gasteiger partial charge in [0.2, 0.25) is 5.91 Å². The number of hydrogen-bond donors (Lipinski definition) is 1. The minimum absolute atomic E-state index is 0.228. The van der Waals surface area contributed by atoms with Crippen molar-refractivity contribution < 1.29 is 18.7 Å². The molecule has 1 atom stereocenters. The zero-order valence-electron chi connectivity index (χ0n) is 13.1. The first-order chi connectivity index (χ1) is 11.0. The predicted molar refractivity (Wildman–Crippen MR) is 89.9 cm³/mol. The lowest BCUT2D eigenvalue weighted by Gasteiger charge is -2.14. The lowest BCUT2D eigenvalue weighted by molar-refractivity contribution is -0.115. The molecule has 0 radical (unpaired) electrons. The lowest BCUT2D eigenvalue weighted by atomic mass is 10.2.